The molecule has 2 heterocycles. The predicted octanol–water partition coefficient (Wildman–Crippen LogP) is 0.519. The molecule has 1 aromatic rings. The van der Waals surface area contributed by atoms with Crippen molar-refractivity contribution in [3.05, 3.63) is 11.3 Å². The lowest BCUT2D eigenvalue weighted by Gasteiger charge is -2.34. The Balaban J connectivity index is 2.27. The molecule has 0 saturated carbocycles. The molecule has 1 unspecified atom stereocenters. The lowest BCUT2D eigenvalue weighted by molar-refractivity contribution is -0.138. The van der Waals surface area contributed by atoms with Crippen molar-refractivity contribution >= 4 is 17.7 Å². The van der Waals surface area contributed by atoms with E-state index in [4.69, 9.17) is 10.8 Å². The maximum atomic E-state index is 11.6. The Hall–Kier alpha value is -2.05. The molecule has 1 aromatic heterocycles. The lowest BCUT2D eigenvalue weighted by Crippen LogP contribution is -2.38. The highest BCUT2D eigenvalue weighted by molar-refractivity contribution is 5.99. The van der Waals surface area contributed by atoms with Crippen LogP contribution in [0, 0.1) is 12.8 Å². The Labute approximate surface area is 117 Å². The Kier molecular flexibility index (Phi) is 3.96. The lowest BCUT2D eigenvalue weighted by atomic mass is 9.94. The normalized spacial score (nSPS) is 19.1. The van der Waals surface area contributed by atoms with Gasteiger partial charge in [0.15, 0.2) is 0 Å². The zero-order chi connectivity index (χ0) is 14.9. The number of carboxylic acids is 1. The first-order chi connectivity index (χ1) is 9.40. The quantitative estimate of drug-likeness (QED) is 0.837. The van der Waals surface area contributed by atoms with E-state index in [0.29, 0.717) is 23.6 Å². The second kappa shape index (κ2) is 5.52. The van der Waals surface area contributed by atoms with Crippen molar-refractivity contribution in [2.45, 2.75) is 26.2 Å². The van der Waals surface area contributed by atoms with Gasteiger partial charge in [0, 0.05) is 26.6 Å². The number of rotatable bonds is 4. The highest BCUT2D eigenvalue weighted by atomic mass is 16.4. The SMILES string of the molecule is Cc1nn(C)c(N2CCCC(CC(=O)O)C2)c1C(N)=O. The van der Waals surface area contributed by atoms with Crippen LogP contribution >= 0.6 is 0 Å². The zero-order valence-electron chi connectivity index (χ0n) is 11.8. The van der Waals surface area contributed by atoms with Crippen LogP contribution < -0.4 is 10.6 Å². The van der Waals surface area contributed by atoms with Crippen molar-refractivity contribution < 1.29 is 14.7 Å². The van der Waals surface area contributed by atoms with E-state index in [1.807, 2.05) is 4.90 Å². The van der Waals surface area contributed by atoms with E-state index in [1.165, 1.54) is 0 Å². The summed E-state index contributed by atoms with van der Waals surface area (Å²) >= 11 is 0. The highest BCUT2D eigenvalue weighted by Gasteiger charge is 2.28. The average Bonchev–Trinajstić information content (AvgIpc) is 2.63. The molecule has 0 bridgehead atoms. The highest BCUT2D eigenvalue weighted by Crippen LogP contribution is 2.28. The molecule has 2 rings (SSSR count). The molecule has 7 heteroatoms. The molecule has 1 aliphatic heterocycles. The number of carbonyl (C=O) groups is 2. The van der Waals surface area contributed by atoms with Crippen molar-refractivity contribution in [2.75, 3.05) is 18.0 Å². The van der Waals surface area contributed by atoms with Crippen LogP contribution in [-0.4, -0.2) is 39.9 Å². The molecule has 0 radical (unpaired) electrons. The largest absolute Gasteiger partial charge is 0.481 e. The third kappa shape index (κ3) is 2.76. The minimum atomic E-state index is -0.784. The number of hydrogen-bond acceptors (Lipinski definition) is 4. The molecule has 0 aromatic carbocycles. The molecule has 0 spiro atoms. The Morgan fingerprint density at radius 3 is 2.80 bits per heavy atom. The van der Waals surface area contributed by atoms with Crippen molar-refractivity contribution in [3.63, 3.8) is 0 Å². The van der Waals surface area contributed by atoms with Gasteiger partial charge >= 0.3 is 5.97 Å². The fourth-order valence-electron chi connectivity index (χ4n) is 2.97. The smallest absolute Gasteiger partial charge is 0.303 e. The third-order valence-electron chi connectivity index (χ3n) is 3.72. The van der Waals surface area contributed by atoms with Crippen molar-refractivity contribution in [2.24, 2.45) is 18.7 Å². The van der Waals surface area contributed by atoms with Crippen LogP contribution in [0.3, 0.4) is 0 Å². The second-order valence-electron chi connectivity index (χ2n) is 5.32. The Morgan fingerprint density at radius 2 is 2.20 bits per heavy atom. The van der Waals surface area contributed by atoms with Gasteiger partial charge in [-0.1, -0.05) is 0 Å². The standard InChI is InChI=1S/C13H20N4O3/c1-8-11(12(14)20)13(16(2)15-8)17-5-3-4-9(7-17)6-10(18)19/h9H,3-7H2,1-2H3,(H2,14,20)(H,18,19). The summed E-state index contributed by atoms with van der Waals surface area (Å²) in [5, 5.41) is 13.2. The number of amides is 1. The van der Waals surface area contributed by atoms with Gasteiger partial charge in [0.05, 0.1) is 5.69 Å². The number of nitrogens with two attached hydrogens (primary N) is 1. The van der Waals surface area contributed by atoms with Gasteiger partial charge in [-0.3, -0.25) is 14.3 Å². The minimum absolute atomic E-state index is 0.0946. The van der Waals surface area contributed by atoms with E-state index in [9.17, 15) is 9.59 Å². The Bertz CT molecular complexity index is 538. The summed E-state index contributed by atoms with van der Waals surface area (Å²) in [6, 6.07) is 0. The number of aliphatic carboxylic acids is 1. The summed E-state index contributed by atoms with van der Waals surface area (Å²) in [5.41, 5.74) is 6.48. The van der Waals surface area contributed by atoms with E-state index in [2.05, 4.69) is 5.10 Å². The van der Waals surface area contributed by atoms with E-state index < -0.39 is 11.9 Å². The summed E-state index contributed by atoms with van der Waals surface area (Å²) < 4.78 is 1.65. The van der Waals surface area contributed by atoms with Gasteiger partial charge in [-0.25, -0.2) is 0 Å². The molecule has 0 aliphatic carbocycles. The van der Waals surface area contributed by atoms with Crippen LogP contribution in [0.4, 0.5) is 5.82 Å². The fourth-order valence-corrected chi connectivity index (χ4v) is 2.97. The number of carbonyl (C=O) groups excluding carboxylic acids is 1. The molecule has 3 N–H and O–H groups in total. The number of aryl methyl sites for hydroxylation is 2. The van der Waals surface area contributed by atoms with Crippen LogP contribution in [0.5, 0.6) is 0 Å². The van der Waals surface area contributed by atoms with E-state index in [0.717, 1.165) is 19.4 Å². The summed E-state index contributed by atoms with van der Waals surface area (Å²) in [6.07, 6.45) is 1.95. The maximum Gasteiger partial charge on any atom is 0.303 e. The fraction of sp³-hybridized carbons (Fsp3) is 0.615. The van der Waals surface area contributed by atoms with Crippen LogP contribution in [-0.2, 0) is 11.8 Å². The van der Waals surface area contributed by atoms with Gasteiger partial charge in [-0.05, 0) is 25.7 Å². The summed E-state index contributed by atoms with van der Waals surface area (Å²) in [5.74, 6) is -0.485. The van der Waals surface area contributed by atoms with E-state index in [1.54, 1.807) is 18.7 Å². The molecule has 1 aliphatic rings. The van der Waals surface area contributed by atoms with Gasteiger partial charge in [-0.15, -0.1) is 0 Å². The molecule has 20 heavy (non-hydrogen) atoms. The number of nitrogens with zero attached hydrogens (tertiary/aromatic N) is 3. The molecule has 1 amide bonds. The zero-order valence-corrected chi connectivity index (χ0v) is 11.8. The van der Waals surface area contributed by atoms with Crippen LogP contribution in [0.1, 0.15) is 35.3 Å². The van der Waals surface area contributed by atoms with E-state index >= 15 is 0 Å². The number of anilines is 1. The molecular weight excluding hydrogens is 260 g/mol. The first-order valence-corrected chi connectivity index (χ1v) is 6.70. The molecule has 1 atom stereocenters. The molecular formula is C13H20N4O3. The first-order valence-electron chi connectivity index (χ1n) is 6.70. The van der Waals surface area contributed by atoms with Gasteiger partial charge in [0.2, 0.25) is 0 Å². The van der Waals surface area contributed by atoms with Crippen LogP contribution in [0.25, 0.3) is 0 Å². The summed E-state index contributed by atoms with van der Waals surface area (Å²) in [7, 11) is 1.77. The molecule has 1 fully saturated rings. The van der Waals surface area contributed by atoms with Gasteiger partial charge < -0.3 is 15.7 Å². The second-order valence-corrected chi connectivity index (χ2v) is 5.32. The monoisotopic (exact) mass is 280 g/mol. The number of primary amides is 1. The molecule has 1 saturated heterocycles. The maximum absolute atomic E-state index is 11.6. The Morgan fingerprint density at radius 1 is 1.50 bits per heavy atom. The topological polar surface area (TPSA) is 101 Å². The molecule has 110 valence electrons. The summed E-state index contributed by atoms with van der Waals surface area (Å²) in [6.45, 7) is 3.16. The number of piperidine rings is 1. The minimum Gasteiger partial charge on any atom is -0.481 e. The van der Waals surface area contributed by atoms with Gasteiger partial charge in [-0.2, -0.15) is 5.10 Å². The van der Waals surface area contributed by atoms with Gasteiger partial charge in [0.1, 0.15) is 11.4 Å². The average molecular weight is 280 g/mol. The molecule has 7 nitrogen and oxygen atoms in total. The van der Waals surface area contributed by atoms with Crippen molar-refractivity contribution in [1.82, 2.24) is 9.78 Å². The number of hydrogen-bond donors (Lipinski definition) is 2. The predicted molar refractivity (Wildman–Crippen MR) is 73.7 cm³/mol. The number of carboxylic acid groups (broad SMARTS) is 1. The summed E-state index contributed by atoms with van der Waals surface area (Å²) in [4.78, 5) is 24.5. The van der Waals surface area contributed by atoms with Crippen molar-refractivity contribution in [1.29, 1.82) is 0 Å². The van der Waals surface area contributed by atoms with E-state index in [-0.39, 0.29) is 12.3 Å². The van der Waals surface area contributed by atoms with Crippen LogP contribution in [0.2, 0.25) is 0 Å². The van der Waals surface area contributed by atoms with Crippen molar-refractivity contribution in [3.8, 4) is 0 Å². The number of aromatic nitrogens is 2. The van der Waals surface area contributed by atoms with Crippen LogP contribution in [0.15, 0.2) is 0 Å². The first kappa shape index (κ1) is 14.4. The third-order valence-corrected chi connectivity index (χ3v) is 3.72. The van der Waals surface area contributed by atoms with Gasteiger partial charge in [0.25, 0.3) is 5.91 Å².